The molecule has 0 amide bonds. The first-order valence-electron chi connectivity index (χ1n) is 12.3. The summed E-state index contributed by atoms with van der Waals surface area (Å²) in [7, 11) is 0. The van der Waals surface area contributed by atoms with E-state index in [4.69, 9.17) is 0 Å². The summed E-state index contributed by atoms with van der Waals surface area (Å²) in [5.74, 6) is 1.62. The summed E-state index contributed by atoms with van der Waals surface area (Å²) < 4.78 is 14.7. The van der Waals surface area contributed by atoms with E-state index >= 15 is 0 Å². The molecule has 32 heavy (non-hydrogen) atoms. The summed E-state index contributed by atoms with van der Waals surface area (Å²) in [6, 6.07) is 0. The van der Waals surface area contributed by atoms with Gasteiger partial charge in [-0.1, -0.05) is 103 Å². The smallest absolute Gasteiger partial charge is 0.130 e. The monoisotopic (exact) mass is 440 g/mol. The highest BCUT2D eigenvalue weighted by atomic mass is 19.1. The van der Waals surface area contributed by atoms with Crippen molar-refractivity contribution in [1.82, 2.24) is 0 Å². The zero-order valence-corrected chi connectivity index (χ0v) is 22.1. The second-order valence-electron chi connectivity index (χ2n) is 9.90. The van der Waals surface area contributed by atoms with Gasteiger partial charge in [0.25, 0.3) is 0 Å². The van der Waals surface area contributed by atoms with Crippen molar-refractivity contribution in [3.8, 4) is 0 Å². The average Bonchev–Trinajstić information content (AvgIpc) is 2.75. The normalized spacial score (nSPS) is 16.5. The van der Waals surface area contributed by atoms with Gasteiger partial charge >= 0.3 is 0 Å². The van der Waals surface area contributed by atoms with Crippen LogP contribution >= 0.6 is 0 Å². The molecule has 0 saturated carbocycles. The van der Waals surface area contributed by atoms with E-state index in [2.05, 4.69) is 73.1 Å². The number of unbranched alkanes of at least 4 members (excludes halogenated alkanes) is 1. The fourth-order valence-corrected chi connectivity index (χ4v) is 3.39. The topological polar surface area (TPSA) is 0 Å². The lowest BCUT2D eigenvalue weighted by Crippen LogP contribution is -2.09. The van der Waals surface area contributed by atoms with Gasteiger partial charge in [-0.05, 0) is 80.4 Å². The summed E-state index contributed by atoms with van der Waals surface area (Å²) in [4.78, 5) is 0. The Bertz CT molecular complexity index is 728. The predicted molar refractivity (Wildman–Crippen MR) is 144 cm³/mol. The quantitative estimate of drug-likeness (QED) is 0.209. The molecule has 0 heterocycles. The van der Waals surface area contributed by atoms with Crippen molar-refractivity contribution >= 4 is 0 Å². The molecule has 4 unspecified atom stereocenters. The van der Waals surface area contributed by atoms with Crippen LogP contribution in [0.2, 0.25) is 0 Å². The largest absolute Gasteiger partial charge is 0.206 e. The molecule has 0 aliphatic heterocycles. The summed E-state index contributed by atoms with van der Waals surface area (Å²) in [5, 5.41) is 0. The zero-order valence-electron chi connectivity index (χ0n) is 22.1. The summed E-state index contributed by atoms with van der Waals surface area (Å²) in [5.41, 5.74) is 4.44. The second-order valence-corrected chi connectivity index (χ2v) is 9.90. The highest BCUT2D eigenvalue weighted by Crippen LogP contribution is 2.28. The molecule has 1 heteroatoms. The first kappa shape index (κ1) is 30.1. The van der Waals surface area contributed by atoms with Gasteiger partial charge in [0, 0.05) is 5.57 Å². The van der Waals surface area contributed by atoms with Crippen molar-refractivity contribution in [1.29, 1.82) is 0 Å². The van der Waals surface area contributed by atoms with Crippen molar-refractivity contribution in [3.05, 3.63) is 84.3 Å². The highest BCUT2D eigenvalue weighted by molar-refractivity contribution is 5.43. The first-order chi connectivity index (χ1) is 14.9. The van der Waals surface area contributed by atoms with Crippen molar-refractivity contribution in [3.63, 3.8) is 0 Å². The Morgan fingerprint density at radius 1 is 0.812 bits per heavy atom. The van der Waals surface area contributed by atoms with E-state index in [-0.39, 0.29) is 5.83 Å². The molecular weight excluding hydrogens is 391 g/mol. The van der Waals surface area contributed by atoms with Crippen LogP contribution in [0.15, 0.2) is 84.3 Å². The molecule has 0 rings (SSSR count). The van der Waals surface area contributed by atoms with E-state index in [0.717, 1.165) is 60.8 Å². The Morgan fingerprint density at radius 2 is 1.41 bits per heavy atom. The molecule has 0 aliphatic rings. The molecular formula is C31H49F. The van der Waals surface area contributed by atoms with E-state index in [1.807, 2.05) is 19.9 Å². The van der Waals surface area contributed by atoms with Crippen LogP contribution in [0.5, 0.6) is 0 Å². The molecule has 0 aliphatic carbocycles. The van der Waals surface area contributed by atoms with Crippen LogP contribution < -0.4 is 0 Å². The van der Waals surface area contributed by atoms with E-state index < -0.39 is 0 Å². The molecule has 0 bridgehead atoms. The van der Waals surface area contributed by atoms with Crippen LogP contribution in [-0.4, -0.2) is 0 Å². The summed E-state index contributed by atoms with van der Waals surface area (Å²) in [6.45, 7) is 31.2. The number of allylic oxidation sites excluding steroid dienone is 10. The lowest BCUT2D eigenvalue weighted by atomic mass is 9.84. The number of hydrogen-bond donors (Lipinski definition) is 0. The van der Waals surface area contributed by atoms with Crippen molar-refractivity contribution in [2.45, 2.75) is 87.0 Å². The second kappa shape index (κ2) is 15.8. The Hall–Kier alpha value is -1.89. The molecule has 0 aromatic heterocycles. The SMILES string of the molecule is C=C(C)/C=C\C(=C)C(C)CCC(C)C(C)C/C=C(\C)C(=C)/C(F)=C\C(=C)C(C)CCCC. The van der Waals surface area contributed by atoms with Gasteiger partial charge in [-0.2, -0.15) is 0 Å². The Morgan fingerprint density at radius 3 is 1.97 bits per heavy atom. The third-order valence-electron chi connectivity index (χ3n) is 6.74. The third kappa shape index (κ3) is 12.2. The molecule has 0 radical (unpaired) electrons. The van der Waals surface area contributed by atoms with Crippen LogP contribution in [-0.2, 0) is 0 Å². The molecule has 0 fully saturated rings. The molecule has 0 aromatic carbocycles. The highest BCUT2D eigenvalue weighted by Gasteiger charge is 2.15. The molecule has 4 atom stereocenters. The van der Waals surface area contributed by atoms with Crippen LogP contribution in [0.4, 0.5) is 4.39 Å². The van der Waals surface area contributed by atoms with Crippen molar-refractivity contribution < 1.29 is 4.39 Å². The van der Waals surface area contributed by atoms with E-state index in [0.29, 0.717) is 29.2 Å². The molecule has 0 N–H and O–H groups in total. The Kier molecular flexibility index (Phi) is 14.9. The minimum absolute atomic E-state index is 0.261. The molecule has 0 saturated heterocycles. The van der Waals surface area contributed by atoms with E-state index in [1.165, 1.54) is 0 Å². The van der Waals surface area contributed by atoms with Gasteiger partial charge in [-0.25, -0.2) is 4.39 Å². The maximum absolute atomic E-state index is 14.7. The van der Waals surface area contributed by atoms with Crippen LogP contribution in [0.1, 0.15) is 87.0 Å². The van der Waals surface area contributed by atoms with E-state index in [9.17, 15) is 4.39 Å². The molecule has 0 spiro atoms. The van der Waals surface area contributed by atoms with Crippen molar-refractivity contribution in [2.24, 2.45) is 23.7 Å². The lowest BCUT2D eigenvalue weighted by Gasteiger charge is -2.21. The fourth-order valence-electron chi connectivity index (χ4n) is 3.39. The summed E-state index contributed by atoms with van der Waals surface area (Å²) >= 11 is 0. The minimum atomic E-state index is -0.261. The first-order valence-corrected chi connectivity index (χ1v) is 12.3. The van der Waals surface area contributed by atoms with E-state index in [1.54, 1.807) is 6.08 Å². The Labute approximate surface area is 199 Å². The van der Waals surface area contributed by atoms with Gasteiger partial charge in [0.1, 0.15) is 5.83 Å². The van der Waals surface area contributed by atoms with Crippen molar-refractivity contribution in [2.75, 3.05) is 0 Å². The predicted octanol–water partition coefficient (Wildman–Crippen LogP) is 10.5. The molecule has 180 valence electrons. The number of halogens is 1. The standard InChI is InChI=1S/C31H49F/c1-12-13-14-23(4)29(10)21-31(32)30(11)28(9)20-19-27(8)26(7)18-17-25(6)24(5)16-15-22(2)3/h15-16,20-21,23,25-27H,2,5,10-14,17-19H2,1,3-4,6-9H3/b16-15-,28-20+,31-21+. The van der Waals surface area contributed by atoms with Gasteiger partial charge in [-0.3, -0.25) is 0 Å². The van der Waals surface area contributed by atoms with Crippen LogP contribution in [0, 0.1) is 23.7 Å². The van der Waals surface area contributed by atoms with Crippen LogP contribution in [0.3, 0.4) is 0 Å². The molecule has 0 nitrogen and oxygen atoms in total. The molecule has 0 aromatic rings. The minimum Gasteiger partial charge on any atom is -0.206 e. The zero-order chi connectivity index (χ0) is 24.8. The number of rotatable bonds is 16. The maximum atomic E-state index is 14.7. The average molecular weight is 441 g/mol. The maximum Gasteiger partial charge on any atom is 0.130 e. The van der Waals surface area contributed by atoms with Gasteiger partial charge in [-0.15, -0.1) is 0 Å². The van der Waals surface area contributed by atoms with Gasteiger partial charge in [0.15, 0.2) is 0 Å². The lowest BCUT2D eigenvalue weighted by molar-refractivity contribution is 0.344. The van der Waals surface area contributed by atoms with Gasteiger partial charge in [0.05, 0.1) is 0 Å². The van der Waals surface area contributed by atoms with Crippen LogP contribution in [0.25, 0.3) is 0 Å². The summed E-state index contributed by atoms with van der Waals surface area (Å²) in [6.07, 6.45) is 14.4. The number of hydrogen-bond acceptors (Lipinski definition) is 0. The Balaban J connectivity index is 4.74. The fraction of sp³-hybridized carbons (Fsp3) is 0.548. The van der Waals surface area contributed by atoms with Gasteiger partial charge in [0.2, 0.25) is 0 Å². The van der Waals surface area contributed by atoms with Gasteiger partial charge < -0.3 is 0 Å². The third-order valence-corrected chi connectivity index (χ3v) is 6.74.